The molecule has 0 saturated heterocycles. The number of rotatable bonds is 6. The number of fused-ring (bicyclic) bond motifs is 2. The normalized spacial score (nSPS) is 11.7. The minimum absolute atomic E-state index is 0.0516. The van der Waals surface area contributed by atoms with Gasteiger partial charge in [-0.3, -0.25) is 4.79 Å². The third-order valence-corrected chi connectivity index (χ3v) is 12.8. The van der Waals surface area contributed by atoms with E-state index < -0.39 is 144 Å². The Morgan fingerprint density at radius 1 is 0.313 bits per heavy atom. The van der Waals surface area contributed by atoms with Crippen LogP contribution in [-0.4, -0.2) is 6.15 Å². The van der Waals surface area contributed by atoms with Crippen molar-refractivity contribution < 1.29 is 113 Å². The molecule has 0 unspecified atom stereocenters. The Morgan fingerprint density at radius 3 is 0.970 bits per heavy atom. The largest absolute Gasteiger partial charge is 0.456 e. The highest BCUT2D eigenvalue weighted by atomic mass is 127. The summed E-state index contributed by atoms with van der Waals surface area (Å²) >= 11 is -0.284. The van der Waals surface area contributed by atoms with E-state index in [4.69, 9.17) is 4.42 Å². The first-order valence-corrected chi connectivity index (χ1v) is 20.1. The number of hydrogen-bond donors (Lipinski definition) is 0. The van der Waals surface area contributed by atoms with Crippen molar-refractivity contribution in [3.05, 3.63) is 207 Å². The smallest absolute Gasteiger partial charge is 0.357 e. The second-order valence-electron chi connectivity index (χ2n) is 13.8. The van der Waals surface area contributed by atoms with E-state index in [-0.39, 0.29) is 26.6 Å². The maximum absolute atomic E-state index is 15.4. The topological polar surface area (TPSA) is 30.2 Å². The van der Waals surface area contributed by atoms with Gasteiger partial charge in [0.05, 0.1) is 10.8 Å². The predicted molar refractivity (Wildman–Crippen MR) is 193 cm³/mol. The molecule has 0 atom stereocenters. The first-order chi connectivity index (χ1) is 31.5. The van der Waals surface area contributed by atoms with Crippen LogP contribution in [0.3, 0.4) is 0 Å². The Bertz CT molecular complexity index is 3040. The second-order valence-corrected chi connectivity index (χ2v) is 16.8. The minimum atomic E-state index is -7.22. The fourth-order valence-corrected chi connectivity index (χ4v) is 9.63. The minimum Gasteiger partial charge on any atom is -0.456 e. The Labute approximate surface area is 368 Å². The molecule has 67 heavy (non-hydrogen) atoms. The van der Waals surface area contributed by atoms with Gasteiger partial charge in [-0.15, -0.1) is 21.9 Å². The first kappa shape index (κ1) is 48.3. The molecule has 0 amide bonds. The summed E-state index contributed by atoms with van der Waals surface area (Å²) in [5, 5.41) is 1.32. The Hall–Kier alpha value is -6.60. The molecule has 0 aliphatic heterocycles. The van der Waals surface area contributed by atoms with Crippen molar-refractivity contribution in [2.45, 2.75) is 0 Å². The molecule has 24 heteroatoms. The van der Waals surface area contributed by atoms with Crippen LogP contribution in [0.1, 0.15) is 0 Å². The molecule has 1 heterocycles. The predicted octanol–water partition coefficient (Wildman–Crippen LogP) is 6.92. The van der Waals surface area contributed by atoms with Gasteiger partial charge in [-0.2, -0.15) is 0 Å². The van der Waals surface area contributed by atoms with Gasteiger partial charge in [0, 0.05) is 6.07 Å². The average Bonchev–Trinajstić information content (AvgIpc) is 3.32. The molecule has 346 valence electrons. The summed E-state index contributed by atoms with van der Waals surface area (Å²) in [4.78, 5) is 12.6. The quantitative estimate of drug-likeness (QED) is 0.0453. The summed E-state index contributed by atoms with van der Waals surface area (Å²) in [5.41, 5.74) is -13.0. The van der Waals surface area contributed by atoms with Crippen LogP contribution in [0, 0.1) is 123 Å². The van der Waals surface area contributed by atoms with Crippen molar-refractivity contribution in [1.29, 1.82) is 0 Å². The van der Waals surface area contributed by atoms with Crippen LogP contribution >= 0.6 is 0 Å². The highest BCUT2D eigenvalue weighted by molar-refractivity contribution is 7.20. The molecule has 8 rings (SSSR count). The van der Waals surface area contributed by atoms with Crippen LogP contribution in [0.25, 0.3) is 21.9 Å². The zero-order valence-corrected chi connectivity index (χ0v) is 33.9. The van der Waals surface area contributed by atoms with Gasteiger partial charge in [-0.1, -0.05) is 30.3 Å². The van der Waals surface area contributed by atoms with Gasteiger partial charge in [0.2, 0.25) is 5.43 Å². The molecule has 0 bridgehead atoms. The average molecular weight is 1080 g/mol. The van der Waals surface area contributed by atoms with Crippen LogP contribution in [0.2, 0.25) is 0 Å². The van der Waals surface area contributed by atoms with Crippen molar-refractivity contribution in [3.63, 3.8) is 0 Å². The molecule has 0 aliphatic carbocycles. The fourth-order valence-electron chi connectivity index (χ4n) is 7.31. The zero-order valence-electron chi connectivity index (χ0n) is 31.8. The molecule has 0 radical (unpaired) electrons. The summed E-state index contributed by atoms with van der Waals surface area (Å²) in [6.07, 6.45) is -7.22. The summed E-state index contributed by atoms with van der Waals surface area (Å²) in [6, 6.07) is 23.8. The van der Waals surface area contributed by atoms with Gasteiger partial charge in [-0.05, 0) is 36.4 Å². The van der Waals surface area contributed by atoms with E-state index in [0.717, 1.165) is 0 Å². The third kappa shape index (κ3) is 7.51. The third-order valence-electron chi connectivity index (χ3n) is 10.2. The summed E-state index contributed by atoms with van der Waals surface area (Å²) < 4.78 is 302. The number of hydrogen-bond acceptors (Lipinski definition) is 2. The van der Waals surface area contributed by atoms with Crippen molar-refractivity contribution in [2.24, 2.45) is 0 Å². The van der Waals surface area contributed by atoms with Gasteiger partial charge in [0.1, 0.15) is 63.8 Å². The van der Waals surface area contributed by atoms with Crippen molar-refractivity contribution in [2.75, 3.05) is 0 Å². The van der Waals surface area contributed by atoms with Gasteiger partial charge >= 0.3 is 21.2 Å². The van der Waals surface area contributed by atoms with Crippen LogP contribution in [0.4, 0.5) is 87.8 Å². The van der Waals surface area contributed by atoms with Crippen molar-refractivity contribution >= 4 is 49.9 Å². The maximum Gasteiger partial charge on any atom is 0.357 e. The zero-order chi connectivity index (χ0) is 49.3. The van der Waals surface area contributed by atoms with Gasteiger partial charge in [0.25, 0.3) is 0 Å². The van der Waals surface area contributed by atoms with Crippen LogP contribution < -0.4 is 48.5 Å². The van der Waals surface area contributed by atoms with E-state index in [9.17, 15) is 57.5 Å². The van der Waals surface area contributed by atoms with Gasteiger partial charge < -0.3 is 4.42 Å². The number of halogens is 21. The molecular formula is C43H12BF20IO2. The van der Waals surface area contributed by atoms with E-state index >= 15 is 35.1 Å². The summed E-state index contributed by atoms with van der Waals surface area (Å²) in [6.45, 7) is 0. The standard InChI is InChI=1S/C24BF20.C19H12IO2/c26-5-1(6(27)14(35)21(42)13(5)34)25(2-7(28)15(36)22(43)16(37)8(2)29,3-9(30)17(38)23(44)18(39)10(3)31)4-11(32)19(40)24(45)20(41)12(4)33;21-19-15-8-4-5-9-17(15)22-18-11-10-14(12-16(18)19)20-13-6-2-1-3-7-13/h;1-12H/q-1;+1. The fraction of sp³-hybridized carbons (Fsp3) is 0. The molecule has 0 N–H and O–H groups in total. The Kier molecular flexibility index (Phi) is 12.9. The highest BCUT2D eigenvalue weighted by Gasteiger charge is 2.52. The Morgan fingerprint density at radius 2 is 0.612 bits per heavy atom. The molecule has 0 saturated carbocycles. The molecule has 1 aromatic heterocycles. The lowest BCUT2D eigenvalue weighted by atomic mass is 9.12. The van der Waals surface area contributed by atoms with Crippen LogP contribution in [-0.2, 0) is 0 Å². The van der Waals surface area contributed by atoms with E-state index in [0.29, 0.717) is 21.9 Å². The van der Waals surface area contributed by atoms with Crippen molar-refractivity contribution in [1.82, 2.24) is 0 Å². The maximum atomic E-state index is 15.4. The molecule has 2 nitrogen and oxygen atoms in total. The number of benzene rings is 7. The number of para-hydroxylation sites is 1. The van der Waals surface area contributed by atoms with E-state index in [1.807, 2.05) is 42.5 Å². The lowest BCUT2D eigenvalue weighted by Crippen LogP contribution is -3.61. The molecule has 8 aromatic rings. The van der Waals surface area contributed by atoms with Gasteiger partial charge in [-0.25, -0.2) is 87.8 Å². The van der Waals surface area contributed by atoms with E-state index in [1.54, 1.807) is 0 Å². The summed E-state index contributed by atoms with van der Waals surface area (Å²) in [7, 11) is 0. The van der Waals surface area contributed by atoms with Gasteiger partial charge in [0.15, 0.2) is 76.9 Å². The SMILES string of the molecule is Fc1c(F)c(F)c([B-](c2c(F)c(F)c(F)c(F)c2F)(c2c(F)c(F)c(F)c(F)c2F)c2c(F)c(F)c(F)c(F)c2F)c(F)c1F.O=c1c2ccccc2oc2ccc([I+]c3ccccc3)cc12. The summed E-state index contributed by atoms with van der Waals surface area (Å²) in [5.74, 6) is -71.4. The monoisotopic (exact) mass is 1080 g/mol. The van der Waals surface area contributed by atoms with E-state index in [1.165, 1.54) is 7.14 Å². The second kappa shape index (κ2) is 17.9. The molecule has 0 fully saturated rings. The molecule has 0 spiro atoms. The lowest BCUT2D eigenvalue weighted by Gasteiger charge is -2.44. The lowest BCUT2D eigenvalue weighted by molar-refractivity contribution is -0.597. The van der Waals surface area contributed by atoms with Crippen molar-refractivity contribution in [3.8, 4) is 0 Å². The molecule has 0 aliphatic rings. The Balaban J connectivity index is 0.000000250. The van der Waals surface area contributed by atoms with E-state index in [2.05, 4.69) is 30.3 Å². The van der Waals surface area contributed by atoms with Crippen LogP contribution in [0.15, 0.2) is 82.0 Å². The highest BCUT2D eigenvalue weighted by Crippen LogP contribution is 2.31. The van der Waals surface area contributed by atoms with Crippen LogP contribution in [0.5, 0.6) is 0 Å². The molecular weight excluding hydrogens is 1070 g/mol. The molecule has 7 aromatic carbocycles. The first-order valence-electron chi connectivity index (χ1n) is 17.9.